The molecule has 2 aromatic rings. The SMILES string of the molecule is Cc1cc(C(F)(F)F)c2[nH]c(CN(C)C)nc2c1. The largest absolute Gasteiger partial charge is 0.418 e. The van der Waals surface area contributed by atoms with Crippen LogP contribution in [0.3, 0.4) is 0 Å². The minimum atomic E-state index is -4.37. The number of aromatic nitrogens is 2. The molecule has 0 bridgehead atoms. The molecule has 2 rings (SSSR count). The highest BCUT2D eigenvalue weighted by atomic mass is 19.4. The Morgan fingerprint density at radius 3 is 2.50 bits per heavy atom. The predicted octanol–water partition coefficient (Wildman–Crippen LogP) is 2.95. The van der Waals surface area contributed by atoms with Gasteiger partial charge in [0, 0.05) is 0 Å². The molecule has 0 saturated heterocycles. The first-order valence-electron chi connectivity index (χ1n) is 5.48. The molecule has 18 heavy (non-hydrogen) atoms. The van der Waals surface area contributed by atoms with Gasteiger partial charge in [0.15, 0.2) is 0 Å². The van der Waals surface area contributed by atoms with Crippen molar-refractivity contribution in [2.75, 3.05) is 14.1 Å². The Morgan fingerprint density at radius 1 is 1.28 bits per heavy atom. The lowest BCUT2D eigenvalue weighted by Crippen LogP contribution is -2.11. The van der Waals surface area contributed by atoms with Crippen LogP contribution in [-0.4, -0.2) is 29.0 Å². The fourth-order valence-electron chi connectivity index (χ4n) is 1.90. The molecule has 0 aliphatic rings. The molecule has 1 aromatic heterocycles. The summed E-state index contributed by atoms with van der Waals surface area (Å²) in [5.41, 5.74) is 0.317. The quantitative estimate of drug-likeness (QED) is 0.897. The van der Waals surface area contributed by atoms with Crippen molar-refractivity contribution in [3.8, 4) is 0 Å². The fraction of sp³-hybridized carbons (Fsp3) is 0.417. The number of imidazole rings is 1. The molecule has 1 aromatic carbocycles. The monoisotopic (exact) mass is 257 g/mol. The minimum absolute atomic E-state index is 0.0601. The number of nitrogens with zero attached hydrogens (tertiary/aromatic N) is 2. The smallest absolute Gasteiger partial charge is 0.340 e. The van der Waals surface area contributed by atoms with E-state index in [9.17, 15) is 13.2 Å². The van der Waals surface area contributed by atoms with Gasteiger partial charge in [-0.3, -0.25) is 0 Å². The van der Waals surface area contributed by atoms with Gasteiger partial charge in [-0.1, -0.05) is 0 Å². The average Bonchev–Trinajstić information content (AvgIpc) is 2.55. The van der Waals surface area contributed by atoms with Crippen molar-refractivity contribution in [2.24, 2.45) is 0 Å². The van der Waals surface area contributed by atoms with Gasteiger partial charge in [0.2, 0.25) is 0 Å². The molecule has 0 aliphatic carbocycles. The molecular formula is C12H14F3N3. The van der Waals surface area contributed by atoms with Crippen molar-refractivity contribution in [1.29, 1.82) is 0 Å². The summed E-state index contributed by atoms with van der Waals surface area (Å²) < 4.78 is 38.7. The van der Waals surface area contributed by atoms with Crippen molar-refractivity contribution >= 4 is 11.0 Å². The number of nitrogens with one attached hydrogen (secondary N) is 1. The van der Waals surface area contributed by atoms with E-state index < -0.39 is 11.7 Å². The van der Waals surface area contributed by atoms with E-state index in [4.69, 9.17) is 0 Å². The highest BCUT2D eigenvalue weighted by Crippen LogP contribution is 2.34. The molecule has 0 spiro atoms. The van der Waals surface area contributed by atoms with Crippen molar-refractivity contribution in [3.05, 3.63) is 29.1 Å². The Hall–Kier alpha value is -1.56. The van der Waals surface area contributed by atoms with Crippen LogP contribution in [0, 0.1) is 6.92 Å². The van der Waals surface area contributed by atoms with E-state index >= 15 is 0 Å². The van der Waals surface area contributed by atoms with Crippen molar-refractivity contribution < 1.29 is 13.2 Å². The minimum Gasteiger partial charge on any atom is -0.340 e. The summed E-state index contributed by atoms with van der Waals surface area (Å²) in [6.45, 7) is 2.11. The first kappa shape index (κ1) is 12.9. The van der Waals surface area contributed by atoms with Gasteiger partial charge in [-0.05, 0) is 38.7 Å². The topological polar surface area (TPSA) is 31.9 Å². The lowest BCUT2D eigenvalue weighted by molar-refractivity contribution is -0.136. The summed E-state index contributed by atoms with van der Waals surface area (Å²) >= 11 is 0. The van der Waals surface area contributed by atoms with Gasteiger partial charge < -0.3 is 9.88 Å². The van der Waals surface area contributed by atoms with Crippen LogP contribution >= 0.6 is 0 Å². The molecular weight excluding hydrogens is 243 g/mol. The predicted molar refractivity (Wildman–Crippen MR) is 63.2 cm³/mol. The number of H-pyrrole nitrogens is 1. The highest BCUT2D eigenvalue weighted by Gasteiger charge is 2.33. The maximum Gasteiger partial charge on any atom is 0.418 e. The Kier molecular flexibility index (Phi) is 3.06. The third-order valence-corrected chi connectivity index (χ3v) is 2.56. The zero-order chi connectivity index (χ0) is 13.5. The van der Waals surface area contributed by atoms with Crippen LogP contribution < -0.4 is 0 Å². The van der Waals surface area contributed by atoms with Crippen LogP contribution in [0.4, 0.5) is 13.2 Å². The van der Waals surface area contributed by atoms with Crippen LogP contribution in [0.25, 0.3) is 11.0 Å². The second-order valence-electron chi connectivity index (χ2n) is 4.63. The number of hydrogen-bond acceptors (Lipinski definition) is 2. The zero-order valence-corrected chi connectivity index (χ0v) is 10.4. The lowest BCUT2D eigenvalue weighted by Gasteiger charge is -2.08. The van der Waals surface area contributed by atoms with Gasteiger partial charge in [-0.15, -0.1) is 0 Å². The van der Waals surface area contributed by atoms with Crippen LogP contribution in [0.2, 0.25) is 0 Å². The Bertz CT molecular complexity index is 570. The summed E-state index contributed by atoms with van der Waals surface area (Å²) in [4.78, 5) is 8.79. The highest BCUT2D eigenvalue weighted by molar-refractivity contribution is 5.80. The molecule has 0 amide bonds. The molecule has 6 heteroatoms. The van der Waals surface area contributed by atoms with E-state index in [1.807, 2.05) is 19.0 Å². The Labute approximate surface area is 103 Å². The first-order valence-corrected chi connectivity index (χ1v) is 5.48. The normalized spacial score (nSPS) is 12.6. The summed E-state index contributed by atoms with van der Waals surface area (Å²) in [6.07, 6.45) is -4.37. The molecule has 1 heterocycles. The van der Waals surface area contributed by atoms with Gasteiger partial charge in [0.25, 0.3) is 0 Å². The van der Waals surface area contributed by atoms with Gasteiger partial charge in [-0.25, -0.2) is 4.98 Å². The van der Waals surface area contributed by atoms with Crippen LogP contribution in [0.1, 0.15) is 17.0 Å². The lowest BCUT2D eigenvalue weighted by atomic mass is 10.1. The molecule has 0 fully saturated rings. The zero-order valence-electron chi connectivity index (χ0n) is 10.4. The average molecular weight is 257 g/mol. The number of halogens is 3. The summed E-state index contributed by atoms with van der Waals surface area (Å²) in [5, 5.41) is 0. The van der Waals surface area contributed by atoms with E-state index in [1.165, 1.54) is 0 Å². The van der Waals surface area contributed by atoms with Crippen molar-refractivity contribution in [1.82, 2.24) is 14.9 Å². The number of benzene rings is 1. The molecule has 0 saturated carbocycles. The molecule has 0 aliphatic heterocycles. The fourth-order valence-corrected chi connectivity index (χ4v) is 1.90. The molecule has 3 nitrogen and oxygen atoms in total. The van der Waals surface area contributed by atoms with Crippen molar-refractivity contribution in [2.45, 2.75) is 19.6 Å². The van der Waals surface area contributed by atoms with Crippen LogP contribution in [0.15, 0.2) is 12.1 Å². The maximum atomic E-state index is 12.9. The number of hydrogen-bond donors (Lipinski definition) is 1. The summed E-state index contributed by atoms with van der Waals surface area (Å²) in [5.74, 6) is 0.533. The maximum absolute atomic E-state index is 12.9. The number of aryl methyl sites for hydroxylation is 1. The van der Waals surface area contributed by atoms with E-state index in [0.29, 0.717) is 23.4 Å². The number of fused-ring (bicyclic) bond motifs is 1. The molecule has 1 N–H and O–H groups in total. The van der Waals surface area contributed by atoms with E-state index in [-0.39, 0.29) is 5.52 Å². The Balaban J connectivity index is 2.60. The van der Waals surface area contributed by atoms with Crippen LogP contribution in [0.5, 0.6) is 0 Å². The van der Waals surface area contributed by atoms with E-state index in [1.54, 1.807) is 13.0 Å². The number of aromatic amines is 1. The van der Waals surface area contributed by atoms with Gasteiger partial charge in [0.1, 0.15) is 5.82 Å². The summed E-state index contributed by atoms with van der Waals surface area (Å²) in [6, 6.07) is 2.79. The number of rotatable bonds is 2. The summed E-state index contributed by atoms with van der Waals surface area (Å²) in [7, 11) is 3.67. The van der Waals surface area contributed by atoms with E-state index in [2.05, 4.69) is 9.97 Å². The molecule has 98 valence electrons. The molecule has 0 radical (unpaired) electrons. The third kappa shape index (κ3) is 2.48. The van der Waals surface area contributed by atoms with Gasteiger partial charge >= 0.3 is 6.18 Å². The van der Waals surface area contributed by atoms with Gasteiger partial charge in [-0.2, -0.15) is 13.2 Å². The molecule has 0 unspecified atom stereocenters. The van der Waals surface area contributed by atoms with E-state index in [0.717, 1.165) is 6.07 Å². The van der Waals surface area contributed by atoms with Gasteiger partial charge in [0.05, 0.1) is 23.1 Å². The first-order chi connectivity index (χ1) is 8.27. The molecule has 0 atom stereocenters. The second kappa shape index (κ2) is 4.28. The second-order valence-corrected chi connectivity index (χ2v) is 4.63. The third-order valence-electron chi connectivity index (χ3n) is 2.56. The van der Waals surface area contributed by atoms with Crippen molar-refractivity contribution in [3.63, 3.8) is 0 Å². The standard InChI is InChI=1S/C12H14F3N3/c1-7-4-8(12(13,14)15)11-9(5-7)16-10(17-11)6-18(2)3/h4-5H,6H2,1-3H3,(H,16,17). The Morgan fingerprint density at radius 2 is 1.94 bits per heavy atom. The van der Waals surface area contributed by atoms with Crippen LogP contribution in [-0.2, 0) is 12.7 Å². The number of alkyl halides is 3.